The second-order valence-corrected chi connectivity index (χ2v) is 10.7. The first kappa shape index (κ1) is 30.9. The lowest BCUT2D eigenvalue weighted by atomic mass is 10.0. The summed E-state index contributed by atoms with van der Waals surface area (Å²) in [6.07, 6.45) is 1.22. The van der Waals surface area contributed by atoms with Crippen LogP contribution in [-0.4, -0.2) is 29.2 Å². The van der Waals surface area contributed by atoms with Gasteiger partial charge in [0.25, 0.3) is 0 Å². The third kappa shape index (κ3) is 7.51. The lowest BCUT2D eigenvalue weighted by Crippen LogP contribution is -2.14. The van der Waals surface area contributed by atoms with Crippen LogP contribution < -0.4 is 5.32 Å². The number of aromatic nitrogens is 2. The molecular formula is C34H26Cl2F3N3O2. The van der Waals surface area contributed by atoms with Crippen molar-refractivity contribution in [3.05, 3.63) is 130 Å². The quantitative estimate of drug-likeness (QED) is 0.164. The molecule has 0 spiro atoms. The van der Waals surface area contributed by atoms with E-state index in [4.69, 9.17) is 28.2 Å². The number of rotatable bonds is 9. The molecule has 0 aliphatic carbocycles. The Bertz CT molecular complexity index is 1780. The summed E-state index contributed by atoms with van der Waals surface area (Å²) < 4.78 is 46.2. The molecule has 10 heteroatoms. The van der Waals surface area contributed by atoms with Crippen LogP contribution in [-0.2, 0) is 22.3 Å². The number of benzene rings is 4. The summed E-state index contributed by atoms with van der Waals surface area (Å²) in [5, 5.41) is 3.97. The molecule has 224 valence electrons. The molecule has 4 aromatic carbocycles. The number of anilines is 1. The topological polar surface area (TPSA) is 56.1 Å². The molecule has 0 radical (unpaired) electrons. The van der Waals surface area contributed by atoms with Crippen molar-refractivity contribution in [1.82, 2.24) is 9.55 Å². The highest BCUT2D eigenvalue weighted by Gasteiger charge is 2.30. The van der Waals surface area contributed by atoms with E-state index < -0.39 is 11.7 Å². The first-order chi connectivity index (χ1) is 21.1. The van der Waals surface area contributed by atoms with Crippen LogP contribution in [0.2, 0.25) is 10.0 Å². The summed E-state index contributed by atoms with van der Waals surface area (Å²) in [5.74, 6) is 0.283. The highest BCUT2D eigenvalue weighted by atomic mass is 35.5. The molecule has 0 atom stereocenters. The minimum absolute atomic E-state index is 0.0647. The van der Waals surface area contributed by atoms with Gasteiger partial charge in [0.1, 0.15) is 12.4 Å². The SMILES string of the molecule is COC(=O)CNc1ccc(Cn2cc(-c3c(Cl)cccc3Cl)nc2/C=C/c2ccc(-c3cccc(C(F)(F)F)c3)cc2)cc1. The van der Waals surface area contributed by atoms with Gasteiger partial charge >= 0.3 is 12.1 Å². The molecule has 44 heavy (non-hydrogen) atoms. The fourth-order valence-electron chi connectivity index (χ4n) is 4.56. The number of esters is 1. The number of hydrogen-bond acceptors (Lipinski definition) is 4. The number of halogens is 5. The Balaban J connectivity index is 1.41. The number of alkyl halides is 3. The van der Waals surface area contributed by atoms with Crippen molar-refractivity contribution in [3.63, 3.8) is 0 Å². The molecule has 1 heterocycles. The molecule has 0 unspecified atom stereocenters. The number of nitrogens with zero attached hydrogens (tertiary/aromatic N) is 2. The first-order valence-corrected chi connectivity index (χ1v) is 14.2. The van der Waals surface area contributed by atoms with Crippen LogP contribution >= 0.6 is 23.2 Å². The van der Waals surface area contributed by atoms with Gasteiger partial charge in [-0.1, -0.05) is 83.9 Å². The molecule has 0 saturated carbocycles. The lowest BCUT2D eigenvalue weighted by Gasteiger charge is -2.09. The van der Waals surface area contributed by atoms with Crippen molar-refractivity contribution in [3.8, 4) is 22.4 Å². The van der Waals surface area contributed by atoms with Crippen LogP contribution in [0.5, 0.6) is 0 Å². The van der Waals surface area contributed by atoms with Crippen LogP contribution in [0.3, 0.4) is 0 Å². The third-order valence-corrected chi connectivity index (χ3v) is 7.49. The van der Waals surface area contributed by atoms with E-state index in [0.29, 0.717) is 44.8 Å². The van der Waals surface area contributed by atoms with Gasteiger partial charge in [-0.15, -0.1) is 0 Å². The Kier molecular flexibility index (Phi) is 9.42. The van der Waals surface area contributed by atoms with E-state index in [2.05, 4.69) is 10.1 Å². The minimum atomic E-state index is -4.41. The molecule has 5 aromatic rings. The average molecular weight is 637 g/mol. The van der Waals surface area contributed by atoms with Gasteiger partial charge in [-0.05, 0) is 64.7 Å². The van der Waals surface area contributed by atoms with Gasteiger partial charge in [0.05, 0.1) is 28.4 Å². The molecule has 0 fully saturated rings. The molecule has 5 rings (SSSR count). The zero-order chi connectivity index (χ0) is 31.3. The maximum atomic E-state index is 13.2. The highest BCUT2D eigenvalue weighted by molar-refractivity contribution is 6.39. The third-order valence-electron chi connectivity index (χ3n) is 6.86. The summed E-state index contributed by atoms with van der Waals surface area (Å²) in [7, 11) is 1.34. The fourth-order valence-corrected chi connectivity index (χ4v) is 5.15. The standard InChI is InChI=1S/C34H26Cl2F3N3O2/c1-44-32(43)19-40-27-15-10-23(11-16-27)20-42-21-30(33-28(35)6-3-7-29(33)36)41-31(42)17-12-22-8-13-24(14-9-22)25-4-2-5-26(18-25)34(37,38)39/h2-18,21,40H,19-20H2,1H3/b17-12+. The maximum absolute atomic E-state index is 13.2. The molecule has 1 aromatic heterocycles. The van der Waals surface area contributed by atoms with E-state index in [1.807, 2.05) is 59.3 Å². The predicted octanol–water partition coefficient (Wildman–Crippen LogP) is 9.35. The van der Waals surface area contributed by atoms with E-state index in [1.165, 1.54) is 13.2 Å². The number of hydrogen-bond donors (Lipinski definition) is 1. The molecule has 5 nitrogen and oxygen atoms in total. The normalized spacial score (nSPS) is 11.6. The molecule has 0 aliphatic rings. The van der Waals surface area contributed by atoms with Gasteiger partial charge in [0.15, 0.2) is 0 Å². The Hall–Kier alpha value is -4.53. The van der Waals surface area contributed by atoms with Crippen LogP contribution in [0.15, 0.2) is 97.2 Å². The molecule has 0 aliphatic heterocycles. The van der Waals surface area contributed by atoms with E-state index in [1.54, 1.807) is 36.4 Å². The highest BCUT2D eigenvalue weighted by Crippen LogP contribution is 2.35. The van der Waals surface area contributed by atoms with Crippen molar-refractivity contribution in [2.75, 3.05) is 19.0 Å². The molecule has 1 N–H and O–H groups in total. The summed E-state index contributed by atoms with van der Waals surface area (Å²) in [5.41, 5.74) is 4.31. The Morgan fingerprint density at radius 1 is 0.909 bits per heavy atom. The van der Waals surface area contributed by atoms with Crippen LogP contribution in [0.25, 0.3) is 34.5 Å². The average Bonchev–Trinajstić information content (AvgIpc) is 3.41. The molecule has 0 saturated heterocycles. The number of nitrogens with one attached hydrogen (secondary N) is 1. The van der Waals surface area contributed by atoms with Crippen molar-refractivity contribution in [2.45, 2.75) is 12.7 Å². The van der Waals surface area contributed by atoms with Crippen molar-refractivity contribution in [2.24, 2.45) is 0 Å². The van der Waals surface area contributed by atoms with E-state index in [-0.39, 0.29) is 12.5 Å². The van der Waals surface area contributed by atoms with Gasteiger partial charge in [-0.2, -0.15) is 13.2 Å². The summed E-state index contributed by atoms with van der Waals surface area (Å²) in [4.78, 5) is 16.3. The van der Waals surface area contributed by atoms with E-state index >= 15 is 0 Å². The Labute approximate surface area is 262 Å². The maximum Gasteiger partial charge on any atom is 0.416 e. The van der Waals surface area contributed by atoms with Crippen LogP contribution in [0, 0.1) is 0 Å². The fraction of sp³-hybridized carbons (Fsp3) is 0.118. The molecule has 0 amide bonds. The van der Waals surface area contributed by atoms with Gasteiger partial charge < -0.3 is 14.6 Å². The summed E-state index contributed by atoms with van der Waals surface area (Å²) in [6.45, 7) is 0.551. The van der Waals surface area contributed by atoms with Gasteiger partial charge in [-0.25, -0.2) is 4.98 Å². The number of methoxy groups -OCH3 is 1. The largest absolute Gasteiger partial charge is 0.468 e. The zero-order valence-corrected chi connectivity index (χ0v) is 24.9. The second kappa shape index (κ2) is 13.4. The number of ether oxygens (including phenoxy) is 1. The van der Waals surface area contributed by atoms with Crippen molar-refractivity contribution in [1.29, 1.82) is 0 Å². The zero-order valence-electron chi connectivity index (χ0n) is 23.4. The number of carbonyl (C=O) groups is 1. The van der Waals surface area contributed by atoms with Gasteiger partial charge in [0, 0.05) is 24.0 Å². The number of carbonyl (C=O) groups excluding carboxylic acids is 1. The van der Waals surface area contributed by atoms with Crippen molar-refractivity contribution >= 4 is 47.0 Å². The van der Waals surface area contributed by atoms with Gasteiger partial charge in [-0.3, -0.25) is 4.79 Å². The summed E-state index contributed by atoms with van der Waals surface area (Å²) in [6, 6.07) is 25.4. The van der Waals surface area contributed by atoms with E-state index in [0.717, 1.165) is 28.9 Å². The van der Waals surface area contributed by atoms with E-state index in [9.17, 15) is 18.0 Å². The van der Waals surface area contributed by atoms with Gasteiger partial charge in [0.2, 0.25) is 0 Å². The lowest BCUT2D eigenvalue weighted by molar-refractivity contribution is -0.139. The smallest absolute Gasteiger partial charge is 0.416 e. The minimum Gasteiger partial charge on any atom is -0.468 e. The first-order valence-electron chi connectivity index (χ1n) is 13.5. The predicted molar refractivity (Wildman–Crippen MR) is 170 cm³/mol. The molecular weight excluding hydrogens is 610 g/mol. The Morgan fingerprint density at radius 2 is 1.59 bits per heavy atom. The second-order valence-electron chi connectivity index (χ2n) is 9.87. The van der Waals surface area contributed by atoms with Crippen LogP contribution in [0.4, 0.5) is 18.9 Å². The number of imidazole rings is 1. The van der Waals surface area contributed by atoms with Crippen molar-refractivity contribution < 1.29 is 22.7 Å². The summed E-state index contributed by atoms with van der Waals surface area (Å²) >= 11 is 13.0. The van der Waals surface area contributed by atoms with Crippen LogP contribution in [0.1, 0.15) is 22.5 Å². The molecule has 0 bridgehead atoms. The monoisotopic (exact) mass is 635 g/mol. The Morgan fingerprint density at radius 3 is 2.25 bits per heavy atom.